The van der Waals surface area contributed by atoms with E-state index in [1.165, 1.54) is 13.0 Å². The lowest BCUT2D eigenvalue weighted by molar-refractivity contribution is -0.384. The summed E-state index contributed by atoms with van der Waals surface area (Å²) in [5, 5.41) is 11.2. The Morgan fingerprint density at radius 2 is 1.83 bits per heavy atom. The summed E-state index contributed by atoms with van der Waals surface area (Å²) in [6.07, 6.45) is 0. The molecule has 0 aromatic heterocycles. The Morgan fingerprint density at radius 3 is 2.38 bits per heavy atom. The molecule has 9 nitrogen and oxygen atoms in total. The zero-order valence-electron chi connectivity index (χ0n) is 13.0. The van der Waals surface area contributed by atoms with Gasteiger partial charge < -0.3 is 9.47 Å². The first-order valence-electron chi connectivity index (χ1n) is 6.89. The van der Waals surface area contributed by atoms with Crippen molar-refractivity contribution in [2.45, 2.75) is 13.8 Å². The third-order valence-corrected chi connectivity index (χ3v) is 2.95. The number of hydrogen-bond acceptors (Lipinski definition) is 7. The van der Waals surface area contributed by atoms with Gasteiger partial charge in [-0.2, -0.15) is 0 Å². The fraction of sp³-hybridized carbons (Fsp3) is 0.357. The SMILES string of the molecule is CCOC(=O)CN(C(=O)C(=O)OCC)c1ccc(Cl)cc1[N+](=O)[O-]. The molecule has 0 atom stereocenters. The third-order valence-electron chi connectivity index (χ3n) is 2.71. The van der Waals surface area contributed by atoms with Crippen molar-refractivity contribution in [3.63, 3.8) is 0 Å². The number of nitro benzene ring substituents is 1. The van der Waals surface area contributed by atoms with E-state index in [9.17, 15) is 24.5 Å². The van der Waals surface area contributed by atoms with E-state index in [1.807, 2.05) is 0 Å². The number of anilines is 1. The van der Waals surface area contributed by atoms with Crippen LogP contribution in [-0.2, 0) is 23.9 Å². The first-order chi connectivity index (χ1) is 11.3. The molecule has 0 unspecified atom stereocenters. The van der Waals surface area contributed by atoms with Crippen LogP contribution < -0.4 is 4.90 Å². The minimum Gasteiger partial charge on any atom is -0.465 e. The normalized spacial score (nSPS) is 9.96. The van der Waals surface area contributed by atoms with Gasteiger partial charge in [0.2, 0.25) is 0 Å². The molecule has 0 heterocycles. The molecule has 24 heavy (non-hydrogen) atoms. The molecule has 0 fully saturated rings. The molecule has 0 N–H and O–H groups in total. The molecule has 10 heteroatoms. The maximum absolute atomic E-state index is 12.2. The van der Waals surface area contributed by atoms with Gasteiger partial charge in [0.15, 0.2) is 0 Å². The quantitative estimate of drug-likeness (QED) is 0.329. The van der Waals surface area contributed by atoms with Gasteiger partial charge in [-0.15, -0.1) is 0 Å². The van der Waals surface area contributed by atoms with Gasteiger partial charge in [0, 0.05) is 11.1 Å². The molecule has 0 aliphatic carbocycles. The van der Waals surface area contributed by atoms with Crippen molar-refractivity contribution >= 4 is 40.8 Å². The van der Waals surface area contributed by atoms with E-state index >= 15 is 0 Å². The van der Waals surface area contributed by atoms with Gasteiger partial charge in [-0.3, -0.25) is 24.6 Å². The number of nitrogens with zero attached hydrogens (tertiary/aromatic N) is 2. The van der Waals surface area contributed by atoms with Crippen molar-refractivity contribution in [2.75, 3.05) is 24.7 Å². The van der Waals surface area contributed by atoms with Gasteiger partial charge in [-0.25, -0.2) is 4.79 Å². The average molecular weight is 359 g/mol. The number of rotatable bonds is 6. The predicted octanol–water partition coefficient (Wildman–Crippen LogP) is 1.71. The van der Waals surface area contributed by atoms with Crippen LogP contribution in [0.15, 0.2) is 18.2 Å². The number of benzene rings is 1. The Hall–Kier alpha value is -2.68. The minimum atomic E-state index is -1.24. The van der Waals surface area contributed by atoms with Crippen molar-refractivity contribution in [1.29, 1.82) is 0 Å². The van der Waals surface area contributed by atoms with E-state index in [-0.39, 0.29) is 23.9 Å². The van der Waals surface area contributed by atoms with Gasteiger partial charge in [0.05, 0.1) is 18.1 Å². The van der Waals surface area contributed by atoms with E-state index < -0.39 is 35.0 Å². The highest BCUT2D eigenvalue weighted by molar-refractivity contribution is 6.39. The number of nitro groups is 1. The van der Waals surface area contributed by atoms with Crippen LogP contribution in [0.2, 0.25) is 5.02 Å². The van der Waals surface area contributed by atoms with E-state index in [0.717, 1.165) is 12.1 Å². The number of carbonyl (C=O) groups is 3. The third kappa shape index (κ3) is 4.92. The zero-order valence-corrected chi connectivity index (χ0v) is 13.7. The Labute approximate surface area is 142 Å². The minimum absolute atomic E-state index is 0.0446. The fourth-order valence-corrected chi connectivity index (χ4v) is 1.94. The Kier molecular flexibility index (Phi) is 7.12. The summed E-state index contributed by atoms with van der Waals surface area (Å²) in [7, 11) is 0. The second kappa shape index (κ2) is 8.82. The van der Waals surface area contributed by atoms with Crippen molar-refractivity contribution in [3.8, 4) is 0 Å². The molecular formula is C14H15ClN2O7. The van der Waals surface area contributed by atoms with Crippen LogP contribution >= 0.6 is 11.6 Å². The van der Waals surface area contributed by atoms with Gasteiger partial charge in [0.25, 0.3) is 5.69 Å². The lowest BCUT2D eigenvalue weighted by Crippen LogP contribution is -2.42. The molecule has 0 bridgehead atoms. The van der Waals surface area contributed by atoms with Crippen molar-refractivity contribution < 1.29 is 28.8 Å². The standard InChI is InChI=1S/C14H15ClN2O7/c1-3-23-12(18)8-16(13(19)14(20)24-4-2)10-6-5-9(15)7-11(10)17(21)22/h5-7H,3-4,8H2,1-2H3. The molecule has 1 aromatic carbocycles. The molecule has 1 rings (SSSR count). The lowest BCUT2D eigenvalue weighted by atomic mass is 10.2. The molecule has 0 spiro atoms. The number of esters is 2. The first kappa shape index (κ1) is 19.4. The topological polar surface area (TPSA) is 116 Å². The summed E-state index contributed by atoms with van der Waals surface area (Å²) in [6, 6.07) is 3.46. The number of amides is 1. The highest BCUT2D eigenvalue weighted by Gasteiger charge is 2.32. The van der Waals surface area contributed by atoms with E-state index in [2.05, 4.69) is 4.74 Å². The van der Waals surface area contributed by atoms with Crippen LogP contribution in [0.25, 0.3) is 0 Å². The monoisotopic (exact) mass is 358 g/mol. The maximum Gasteiger partial charge on any atom is 0.397 e. The highest BCUT2D eigenvalue weighted by atomic mass is 35.5. The fourth-order valence-electron chi connectivity index (χ4n) is 1.78. The summed E-state index contributed by atoms with van der Waals surface area (Å²) in [5.74, 6) is -3.30. The largest absolute Gasteiger partial charge is 0.465 e. The van der Waals surface area contributed by atoms with Crippen LogP contribution in [0.3, 0.4) is 0 Å². The zero-order chi connectivity index (χ0) is 18.3. The molecule has 1 amide bonds. The van der Waals surface area contributed by atoms with Crippen LogP contribution in [0.4, 0.5) is 11.4 Å². The second-order valence-corrected chi connectivity index (χ2v) is 4.74. The Bertz CT molecular complexity index is 663. The summed E-state index contributed by atoms with van der Waals surface area (Å²) >= 11 is 5.72. The van der Waals surface area contributed by atoms with Gasteiger partial charge in [-0.05, 0) is 26.0 Å². The van der Waals surface area contributed by atoms with Crippen molar-refractivity contribution in [2.24, 2.45) is 0 Å². The molecule has 0 saturated carbocycles. The smallest absolute Gasteiger partial charge is 0.397 e. The molecule has 1 aromatic rings. The first-order valence-corrected chi connectivity index (χ1v) is 7.27. The van der Waals surface area contributed by atoms with Crippen LogP contribution in [-0.4, -0.2) is 42.5 Å². The molecular weight excluding hydrogens is 344 g/mol. The summed E-state index contributed by atoms with van der Waals surface area (Å²) in [4.78, 5) is 46.6. The number of ether oxygens (including phenoxy) is 2. The van der Waals surface area contributed by atoms with Crippen LogP contribution in [0.1, 0.15) is 13.8 Å². The van der Waals surface area contributed by atoms with Crippen LogP contribution in [0.5, 0.6) is 0 Å². The lowest BCUT2D eigenvalue weighted by Gasteiger charge is -2.20. The average Bonchev–Trinajstić information content (AvgIpc) is 2.52. The van der Waals surface area contributed by atoms with E-state index in [0.29, 0.717) is 4.90 Å². The van der Waals surface area contributed by atoms with Crippen LogP contribution in [0, 0.1) is 10.1 Å². The summed E-state index contributed by atoms with van der Waals surface area (Å²) in [6.45, 7) is 2.34. The molecule has 0 aliphatic heterocycles. The maximum atomic E-state index is 12.2. The second-order valence-electron chi connectivity index (χ2n) is 4.31. The molecule has 0 saturated heterocycles. The summed E-state index contributed by atoms with van der Waals surface area (Å²) < 4.78 is 9.32. The predicted molar refractivity (Wildman–Crippen MR) is 83.7 cm³/mol. The number of halogens is 1. The molecule has 0 aliphatic rings. The molecule has 0 radical (unpaired) electrons. The van der Waals surface area contributed by atoms with Crippen molar-refractivity contribution in [3.05, 3.63) is 33.3 Å². The molecule has 130 valence electrons. The van der Waals surface area contributed by atoms with E-state index in [4.69, 9.17) is 16.3 Å². The number of carbonyl (C=O) groups excluding carboxylic acids is 3. The van der Waals surface area contributed by atoms with Gasteiger partial charge in [-0.1, -0.05) is 11.6 Å². The Morgan fingerprint density at radius 1 is 1.21 bits per heavy atom. The van der Waals surface area contributed by atoms with Crippen molar-refractivity contribution in [1.82, 2.24) is 0 Å². The summed E-state index contributed by atoms with van der Waals surface area (Å²) in [5.41, 5.74) is -0.806. The Balaban J connectivity index is 3.32. The van der Waals surface area contributed by atoms with E-state index in [1.54, 1.807) is 6.92 Å². The number of hydrogen-bond donors (Lipinski definition) is 0. The highest BCUT2D eigenvalue weighted by Crippen LogP contribution is 2.31. The van der Waals surface area contributed by atoms with Gasteiger partial charge >= 0.3 is 17.8 Å². The van der Waals surface area contributed by atoms with Gasteiger partial charge in [0.1, 0.15) is 12.2 Å².